The highest BCUT2D eigenvalue weighted by Crippen LogP contribution is 2.38. The predicted octanol–water partition coefficient (Wildman–Crippen LogP) is 4.22. The van der Waals surface area contributed by atoms with Gasteiger partial charge in [0.05, 0.1) is 11.2 Å². The minimum atomic E-state index is -0.139. The fraction of sp³-hybridized carbons (Fsp3) is 0.360. The van der Waals surface area contributed by atoms with E-state index < -0.39 is 0 Å². The van der Waals surface area contributed by atoms with Gasteiger partial charge in [-0.2, -0.15) is 0 Å². The summed E-state index contributed by atoms with van der Waals surface area (Å²) in [7, 11) is 0. The maximum atomic E-state index is 11.5. The molecule has 0 spiro atoms. The Balaban J connectivity index is 0.00000259. The van der Waals surface area contributed by atoms with Gasteiger partial charge in [0.25, 0.3) is 5.91 Å². The number of para-hydroxylation sites is 1. The third-order valence-electron chi connectivity index (χ3n) is 5.93. The summed E-state index contributed by atoms with van der Waals surface area (Å²) in [5, 5.41) is 3.88. The molecule has 0 aliphatic carbocycles. The van der Waals surface area contributed by atoms with Gasteiger partial charge >= 0.3 is 0 Å². The minimum Gasteiger partial charge on any atom is -0.492 e. The van der Waals surface area contributed by atoms with Crippen LogP contribution in [0, 0.1) is 6.92 Å². The molecule has 1 fully saturated rings. The van der Waals surface area contributed by atoms with Crippen molar-refractivity contribution >= 4 is 34.9 Å². The Labute approximate surface area is 199 Å². The zero-order valence-corrected chi connectivity index (χ0v) is 19.4. The summed E-state index contributed by atoms with van der Waals surface area (Å²) in [6, 6.07) is 15.7. The molecule has 3 heterocycles. The van der Waals surface area contributed by atoms with Crippen molar-refractivity contribution in [2.24, 2.45) is 0 Å². The first kappa shape index (κ1) is 23.1. The number of nitrogens with zero attached hydrogens (tertiary/aromatic N) is 2. The highest BCUT2D eigenvalue weighted by Gasteiger charge is 2.24. The molecule has 2 aliphatic heterocycles. The first-order chi connectivity index (χ1) is 15.7. The Morgan fingerprint density at radius 2 is 1.88 bits per heavy atom. The first-order valence-electron chi connectivity index (χ1n) is 11.1. The fourth-order valence-corrected chi connectivity index (χ4v) is 4.25. The van der Waals surface area contributed by atoms with Crippen LogP contribution >= 0.6 is 12.4 Å². The number of ether oxygens (including phenoxy) is 3. The molecule has 33 heavy (non-hydrogen) atoms. The molecule has 5 rings (SSSR count). The van der Waals surface area contributed by atoms with E-state index in [1.165, 1.54) is 0 Å². The van der Waals surface area contributed by atoms with Crippen LogP contribution in [-0.4, -0.2) is 54.7 Å². The minimum absolute atomic E-state index is 0. The third kappa shape index (κ3) is 5.31. The number of pyridine rings is 1. The van der Waals surface area contributed by atoms with Gasteiger partial charge in [0, 0.05) is 30.7 Å². The van der Waals surface area contributed by atoms with Gasteiger partial charge in [-0.25, -0.2) is 0 Å². The number of hydrogen-bond donors (Lipinski definition) is 1. The Kier molecular flexibility index (Phi) is 7.20. The van der Waals surface area contributed by atoms with Crippen LogP contribution in [0.25, 0.3) is 10.9 Å². The van der Waals surface area contributed by atoms with Crippen molar-refractivity contribution < 1.29 is 19.0 Å². The second-order valence-electron chi connectivity index (χ2n) is 8.25. The fourth-order valence-electron chi connectivity index (χ4n) is 4.25. The Morgan fingerprint density at radius 3 is 2.73 bits per heavy atom. The molecule has 1 N–H and O–H groups in total. The van der Waals surface area contributed by atoms with E-state index in [9.17, 15) is 4.79 Å². The van der Waals surface area contributed by atoms with Crippen LogP contribution in [0.15, 0.2) is 48.5 Å². The predicted molar refractivity (Wildman–Crippen MR) is 130 cm³/mol. The van der Waals surface area contributed by atoms with Crippen molar-refractivity contribution in [2.75, 3.05) is 38.2 Å². The van der Waals surface area contributed by atoms with E-state index in [0.717, 1.165) is 54.8 Å². The van der Waals surface area contributed by atoms with E-state index in [0.29, 0.717) is 23.8 Å². The van der Waals surface area contributed by atoms with Crippen LogP contribution in [0.4, 0.5) is 5.69 Å². The van der Waals surface area contributed by atoms with Crippen molar-refractivity contribution in [3.8, 4) is 17.2 Å². The molecule has 1 saturated heterocycles. The number of carbonyl (C=O) groups excluding carboxylic acids is 1. The monoisotopic (exact) mass is 469 g/mol. The largest absolute Gasteiger partial charge is 0.492 e. The molecule has 1 amide bonds. The lowest BCUT2D eigenvalue weighted by molar-refractivity contribution is -0.118. The highest BCUT2D eigenvalue weighted by atomic mass is 35.5. The number of fused-ring (bicyclic) bond motifs is 2. The zero-order valence-electron chi connectivity index (χ0n) is 18.6. The van der Waals surface area contributed by atoms with Crippen LogP contribution in [0.2, 0.25) is 0 Å². The Bertz CT molecular complexity index is 1130. The summed E-state index contributed by atoms with van der Waals surface area (Å²) in [5.41, 5.74) is 2.64. The number of aryl methyl sites for hydroxylation is 1. The molecule has 7 nitrogen and oxygen atoms in total. The summed E-state index contributed by atoms with van der Waals surface area (Å²) in [6.07, 6.45) is 2.01. The van der Waals surface area contributed by atoms with Gasteiger partial charge in [-0.05, 0) is 56.2 Å². The first-order valence-corrected chi connectivity index (χ1v) is 11.1. The molecular formula is C25H28ClN3O4. The maximum Gasteiger partial charge on any atom is 0.262 e. The van der Waals surface area contributed by atoms with E-state index in [1.807, 2.05) is 49.4 Å². The molecule has 2 aliphatic rings. The van der Waals surface area contributed by atoms with Gasteiger partial charge in [0.1, 0.15) is 18.5 Å². The van der Waals surface area contributed by atoms with E-state index in [-0.39, 0.29) is 31.0 Å². The number of benzene rings is 2. The number of hydrogen-bond acceptors (Lipinski definition) is 6. The molecule has 8 heteroatoms. The Hall–Kier alpha value is -3.03. The maximum absolute atomic E-state index is 11.5. The SMILES string of the molecule is Cc1ccc2c(OCCN3CCC(Oc4cccc5c4OCC(=O)N5)CC3)cccc2n1.Cl. The lowest BCUT2D eigenvalue weighted by Gasteiger charge is -2.32. The van der Waals surface area contributed by atoms with Gasteiger partial charge in [-0.15, -0.1) is 12.4 Å². The number of piperidine rings is 1. The summed E-state index contributed by atoms with van der Waals surface area (Å²) in [4.78, 5) is 18.5. The number of amides is 1. The quantitative estimate of drug-likeness (QED) is 0.582. The van der Waals surface area contributed by atoms with Gasteiger partial charge in [-0.3, -0.25) is 14.7 Å². The molecule has 2 aromatic carbocycles. The van der Waals surface area contributed by atoms with Gasteiger partial charge < -0.3 is 19.5 Å². The van der Waals surface area contributed by atoms with E-state index in [2.05, 4.69) is 21.3 Å². The van der Waals surface area contributed by atoms with Crippen molar-refractivity contribution in [1.29, 1.82) is 0 Å². The molecule has 0 atom stereocenters. The molecule has 0 bridgehead atoms. The molecule has 174 valence electrons. The number of likely N-dealkylation sites (tertiary alicyclic amines) is 1. The van der Waals surface area contributed by atoms with E-state index in [4.69, 9.17) is 14.2 Å². The summed E-state index contributed by atoms with van der Waals surface area (Å²) in [5.74, 6) is 2.07. The number of nitrogens with one attached hydrogen (secondary N) is 1. The van der Waals surface area contributed by atoms with Gasteiger partial charge in [0.2, 0.25) is 0 Å². The molecule has 0 radical (unpaired) electrons. The van der Waals surface area contributed by atoms with Crippen LogP contribution in [0.3, 0.4) is 0 Å². The number of anilines is 1. The molecule has 0 unspecified atom stereocenters. The standard InChI is InChI=1S/C25H27N3O4.ClH/c1-17-8-9-19-20(26-17)4-2-6-22(19)30-15-14-28-12-10-18(11-13-28)32-23-7-3-5-21-25(23)31-16-24(29)27-21;/h2-9,18H,10-16H2,1H3,(H,27,29);1H. The van der Waals surface area contributed by atoms with Gasteiger partial charge in [-0.1, -0.05) is 12.1 Å². The number of carbonyl (C=O) groups is 1. The van der Waals surface area contributed by atoms with Crippen molar-refractivity contribution in [1.82, 2.24) is 9.88 Å². The number of aromatic nitrogens is 1. The average Bonchev–Trinajstić information content (AvgIpc) is 2.80. The van der Waals surface area contributed by atoms with Crippen molar-refractivity contribution in [2.45, 2.75) is 25.9 Å². The van der Waals surface area contributed by atoms with Crippen LogP contribution in [-0.2, 0) is 4.79 Å². The van der Waals surface area contributed by atoms with Crippen LogP contribution in [0.5, 0.6) is 17.2 Å². The third-order valence-corrected chi connectivity index (χ3v) is 5.93. The molecule has 0 saturated carbocycles. The van der Waals surface area contributed by atoms with Gasteiger partial charge in [0.15, 0.2) is 18.1 Å². The zero-order chi connectivity index (χ0) is 21.9. The second-order valence-corrected chi connectivity index (χ2v) is 8.25. The van der Waals surface area contributed by atoms with E-state index in [1.54, 1.807) is 0 Å². The number of halogens is 1. The summed E-state index contributed by atoms with van der Waals surface area (Å²) in [6.45, 7) is 5.44. The second kappa shape index (κ2) is 10.3. The lowest BCUT2D eigenvalue weighted by atomic mass is 10.1. The van der Waals surface area contributed by atoms with Crippen molar-refractivity contribution in [3.63, 3.8) is 0 Å². The molecule has 1 aromatic heterocycles. The molecule has 3 aromatic rings. The highest BCUT2D eigenvalue weighted by molar-refractivity contribution is 5.96. The summed E-state index contributed by atoms with van der Waals surface area (Å²) >= 11 is 0. The topological polar surface area (TPSA) is 72.9 Å². The normalized spacial score (nSPS) is 16.3. The van der Waals surface area contributed by atoms with Crippen molar-refractivity contribution in [3.05, 3.63) is 54.2 Å². The Morgan fingerprint density at radius 1 is 1.09 bits per heavy atom. The molecular weight excluding hydrogens is 442 g/mol. The lowest BCUT2D eigenvalue weighted by Crippen LogP contribution is -2.40. The average molecular weight is 470 g/mol. The van der Waals surface area contributed by atoms with Crippen LogP contribution in [0.1, 0.15) is 18.5 Å². The smallest absolute Gasteiger partial charge is 0.262 e. The summed E-state index contributed by atoms with van der Waals surface area (Å²) < 4.78 is 17.9. The number of rotatable bonds is 6. The van der Waals surface area contributed by atoms with Crippen LogP contribution < -0.4 is 19.5 Å². The van der Waals surface area contributed by atoms with E-state index >= 15 is 0 Å².